The average Bonchev–Trinajstić information content (AvgIpc) is 2.26. The van der Waals surface area contributed by atoms with Gasteiger partial charge in [-0.3, -0.25) is 10.1 Å². The van der Waals surface area contributed by atoms with Gasteiger partial charge in [-0.05, 0) is 12.5 Å². The second kappa shape index (κ2) is 5.26. The van der Waals surface area contributed by atoms with E-state index in [-0.39, 0.29) is 11.7 Å². The van der Waals surface area contributed by atoms with Crippen LogP contribution in [0.1, 0.15) is 18.5 Å². The van der Waals surface area contributed by atoms with Crippen LogP contribution in [0, 0.1) is 10.1 Å². The van der Waals surface area contributed by atoms with Gasteiger partial charge in [-0.15, -0.1) is 6.58 Å². The molecule has 0 aliphatic carbocycles. The highest BCUT2D eigenvalue weighted by Gasteiger charge is 2.07. The van der Waals surface area contributed by atoms with Crippen LogP contribution in [0.15, 0.2) is 36.9 Å². The molecule has 0 heterocycles. The maximum absolute atomic E-state index is 10.4. The predicted molar refractivity (Wildman–Crippen MR) is 59.7 cm³/mol. The Hall–Kier alpha value is -1.68. The lowest BCUT2D eigenvalue weighted by atomic mass is 10.1. The van der Waals surface area contributed by atoms with Crippen LogP contribution >= 0.6 is 0 Å². The Balaban J connectivity index is 2.70. The Morgan fingerprint density at radius 3 is 2.60 bits per heavy atom. The average molecular weight is 206 g/mol. The lowest BCUT2D eigenvalue weighted by Crippen LogP contribution is -2.18. The standard InChI is InChI=1S/C11H14N2O2/c1-3-8-12-9(2)10-4-6-11(7-5-10)13(14)15/h3-7,9,12H,1,8H2,2H3. The first-order chi connectivity index (χ1) is 7.15. The van der Waals surface area contributed by atoms with Gasteiger partial charge in [0.25, 0.3) is 5.69 Å². The third-order valence-corrected chi connectivity index (χ3v) is 2.17. The summed E-state index contributed by atoms with van der Waals surface area (Å²) in [5, 5.41) is 13.6. The number of nitro groups is 1. The van der Waals surface area contributed by atoms with Crippen molar-refractivity contribution in [2.75, 3.05) is 6.54 Å². The van der Waals surface area contributed by atoms with E-state index in [2.05, 4.69) is 11.9 Å². The summed E-state index contributed by atoms with van der Waals surface area (Å²) in [6.45, 7) is 6.34. The minimum atomic E-state index is -0.397. The van der Waals surface area contributed by atoms with E-state index < -0.39 is 4.92 Å². The summed E-state index contributed by atoms with van der Waals surface area (Å²) in [7, 11) is 0. The van der Waals surface area contributed by atoms with Crippen molar-refractivity contribution in [3.8, 4) is 0 Å². The quantitative estimate of drug-likeness (QED) is 0.457. The molecule has 1 unspecified atom stereocenters. The predicted octanol–water partition coefficient (Wildman–Crippen LogP) is 2.43. The molecule has 0 aliphatic rings. The second-order valence-electron chi connectivity index (χ2n) is 3.27. The molecule has 1 rings (SSSR count). The second-order valence-corrected chi connectivity index (χ2v) is 3.27. The summed E-state index contributed by atoms with van der Waals surface area (Å²) < 4.78 is 0. The molecule has 0 aromatic heterocycles. The minimum absolute atomic E-state index is 0.120. The Bertz CT molecular complexity index is 346. The van der Waals surface area contributed by atoms with Crippen LogP contribution in [-0.2, 0) is 0 Å². The highest BCUT2D eigenvalue weighted by Crippen LogP contribution is 2.17. The van der Waals surface area contributed by atoms with E-state index in [9.17, 15) is 10.1 Å². The van der Waals surface area contributed by atoms with E-state index in [1.165, 1.54) is 12.1 Å². The molecule has 0 radical (unpaired) electrons. The molecule has 0 fully saturated rings. The van der Waals surface area contributed by atoms with E-state index in [0.29, 0.717) is 0 Å². The van der Waals surface area contributed by atoms with Crippen LogP contribution in [-0.4, -0.2) is 11.5 Å². The molecule has 1 aromatic rings. The van der Waals surface area contributed by atoms with Crippen LogP contribution in [0.5, 0.6) is 0 Å². The molecule has 4 nitrogen and oxygen atoms in total. The summed E-state index contributed by atoms with van der Waals surface area (Å²) >= 11 is 0. The van der Waals surface area contributed by atoms with Gasteiger partial charge in [-0.25, -0.2) is 0 Å². The Labute approximate surface area is 88.8 Å². The zero-order valence-electron chi connectivity index (χ0n) is 8.64. The zero-order valence-corrected chi connectivity index (χ0v) is 8.64. The highest BCUT2D eigenvalue weighted by atomic mass is 16.6. The molecule has 0 saturated carbocycles. The molecular formula is C11H14N2O2. The molecular weight excluding hydrogens is 192 g/mol. The fraction of sp³-hybridized carbons (Fsp3) is 0.273. The number of benzene rings is 1. The van der Waals surface area contributed by atoms with E-state index >= 15 is 0 Å². The highest BCUT2D eigenvalue weighted by molar-refractivity contribution is 5.34. The van der Waals surface area contributed by atoms with Gasteiger partial charge in [0, 0.05) is 24.7 Å². The summed E-state index contributed by atoms with van der Waals surface area (Å²) in [5.41, 5.74) is 1.15. The topological polar surface area (TPSA) is 55.2 Å². The molecule has 15 heavy (non-hydrogen) atoms. The third kappa shape index (κ3) is 3.18. The van der Waals surface area contributed by atoms with Crippen LogP contribution in [0.2, 0.25) is 0 Å². The van der Waals surface area contributed by atoms with Gasteiger partial charge in [-0.2, -0.15) is 0 Å². The minimum Gasteiger partial charge on any atom is -0.307 e. The maximum Gasteiger partial charge on any atom is 0.269 e. The van der Waals surface area contributed by atoms with Gasteiger partial charge in [-0.1, -0.05) is 18.2 Å². The molecule has 1 atom stereocenters. The summed E-state index contributed by atoms with van der Waals surface area (Å²) in [6, 6.07) is 6.73. The Kier molecular flexibility index (Phi) is 4.00. The van der Waals surface area contributed by atoms with Gasteiger partial charge < -0.3 is 5.32 Å². The Morgan fingerprint density at radius 2 is 2.13 bits per heavy atom. The first-order valence-corrected chi connectivity index (χ1v) is 4.73. The lowest BCUT2D eigenvalue weighted by molar-refractivity contribution is -0.384. The van der Waals surface area contributed by atoms with Crippen molar-refractivity contribution in [1.82, 2.24) is 5.32 Å². The van der Waals surface area contributed by atoms with Gasteiger partial charge in [0.2, 0.25) is 0 Å². The molecule has 1 aromatic carbocycles. The van der Waals surface area contributed by atoms with Crippen LogP contribution in [0.4, 0.5) is 5.69 Å². The molecule has 0 saturated heterocycles. The van der Waals surface area contributed by atoms with Crippen molar-refractivity contribution >= 4 is 5.69 Å². The molecule has 0 bridgehead atoms. The molecule has 0 amide bonds. The monoisotopic (exact) mass is 206 g/mol. The normalized spacial score (nSPS) is 12.1. The molecule has 0 spiro atoms. The largest absolute Gasteiger partial charge is 0.307 e. The smallest absolute Gasteiger partial charge is 0.269 e. The fourth-order valence-corrected chi connectivity index (χ4v) is 1.26. The number of nitrogens with zero attached hydrogens (tertiary/aromatic N) is 1. The number of nitro benzene ring substituents is 1. The van der Waals surface area contributed by atoms with Crippen molar-refractivity contribution < 1.29 is 4.92 Å². The van der Waals surface area contributed by atoms with Gasteiger partial charge in [0.15, 0.2) is 0 Å². The number of rotatable bonds is 5. The van der Waals surface area contributed by atoms with E-state index in [4.69, 9.17) is 0 Å². The molecule has 1 N–H and O–H groups in total. The van der Waals surface area contributed by atoms with E-state index in [1.54, 1.807) is 18.2 Å². The van der Waals surface area contributed by atoms with Crippen molar-refractivity contribution in [3.05, 3.63) is 52.6 Å². The van der Waals surface area contributed by atoms with E-state index in [1.807, 2.05) is 6.92 Å². The number of hydrogen-bond donors (Lipinski definition) is 1. The van der Waals surface area contributed by atoms with Crippen molar-refractivity contribution in [2.24, 2.45) is 0 Å². The van der Waals surface area contributed by atoms with Gasteiger partial charge in [0.1, 0.15) is 0 Å². The zero-order chi connectivity index (χ0) is 11.3. The summed E-state index contributed by atoms with van der Waals surface area (Å²) in [6.07, 6.45) is 1.78. The van der Waals surface area contributed by atoms with Crippen LogP contribution in [0.25, 0.3) is 0 Å². The molecule has 4 heteroatoms. The first-order valence-electron chi connectivity index (χ1n) is 4.73. The lowest BCUT2D eigenvalue weighted by Gasteiger charge is -2.12. The van der Waals surface area contributed by atoms with Crippen molar-refractivity contribution in [2.45, 2.75) is 13.0 Å². The van der Waals surface area contributed by atoms with Crippen molar-refractivity contribution in [1.29, 1.82) is 0 Å². The SMILES string of the molecule is C=CCNC(C)c1ccc([N+](=O)[O-])cc1. The fourth-order valence-electron chi connectivity index (χ4n) is 1.26. The number of nitrogens with one attached hydrogen (secondary N) is 1. The first kappa shape index (κ1) is 11.4. The van der Waals surface area contributed by atoms with Crippen molar-refractivity contribution in [3.63, 3.8) is 0 Å². The van der Waals surface area contributed by atoms with Gasteiger partial charge in [0.05, 0.1) is 4.92 Å². The van der Waals surface area contributed by atoms with E-state index in [0.717, 1.165) is 12.1 Å². The maximum atomic E-state index is 10.4. The molecule has 0 aliphatic heterocycles. The summed E-state index contributed by atoms with van der Waals surface area (Å²) in [5.74, 6) is 0. The molecule has 80 valence electrons. The van der Waals surface area contributed by atoms with Crippen LogP contribution < -0.4 is 5.32 Å². The van der Waals surface area contributed by atoms with Gasteiger partial charge >= 0.3 is 0 Å². The third-order valence-electron chi connectivity index (χ3n) is 2.17. The number of non-ortho nitro benzene ring substituents is 1. The summed E-state index contributed by atoms with van der Waals surface area (Å²) in [4.78, 5) is 10.0. The number of hydrogen-bond acceptors (Lipinski definition) is 3. The van der Waals surface area contributed by atoms with Crippen LogP contribution in [0.3, 0.4) is 0 Å². The Morgan fingerprint density at radius 1 is 1.53 bits per heavy atom.